The highest BCUT2D eigenvalue weighted by atomic mass is 16.3. The molecule has 2 rings (SSSR count). The van der Waals surface area contributed by atoms with Gasteiger partial charge in [0, 0.05) is 12.1 Å². The monoisotopic (exact) mass is 245 g/mol. The molecule has 0 aliphatic carbocycles. The largest absolute Gasteiger partial charge is 0.463 e. The zero-order valence-corrected chi connectivity index (χ0v) is 10.4. The maximum Gasteiger partial charge on any atom is 0.248 e. The summed E-state index contributed by atoms with van der Waals surface area (Å²) in [5.41, 5.74) is 0.688. The molecule has 0 fully saturated rings. The summed E-state index contributed by atoms with van der Waals surface area (Å²) in [4.78, 5) is 11.4. The van der Waals surface area contributed by atoms with Crippen LogP contribution in [0.5, 0.6) is 0 Å². The molecule has 1 amide bonds. The summed E-state index contributed by atoms with van der Waals surface area (Å²) in [7, 11) is 0. The van der Waals surface area contributed by atoms with Crippen molar-refractivity contribution in [2.24, 2.45) is 0 Å². The van der Waals surface area contributed by atoms with Gasteiger partial charge >= 0.3 is 0 Å². The highest BCUT2D eigenvalue weighted by Gasteiger charge is 2.14. The molecular formula is C13H15N3O2. The molecule has 0 bridgehead atoms. The van der Waals surface area contributed by atoms with Crippen molar-refractivity contribution in [3.05, 3.63) is 37.1 Å². The van der Waals surface area contributed by atoms with E-state index >= 15 is 0 Å². The van der Waals surface area contributed by atoms with E-state index in [1.54, 1.807) is 23.1 Å². The topological polar surface area (TPSA) is 60.1 Å². The minimum atomic E-state index is -0.261. The Morgan fingerprint density at radius 2 is 2.39 bits per heavy atom. The van der Waals surface area contributed by atoms with E-state index in [1.165, 1.54) is 6.08 Å². The molecule has 2 aromatic heterocycles. The Labute approximate surface area is 105 Å². The Bertz CT molecular complexity index is 553. The molecule has 0 atom stereocenters. The van der Waals surface area contributed by atoms with Crippen molar-refractivity contribution < 1.29 is 9.21 Å². The van der Waals surface area contributed by atoms with E-state index in [-0.39, 0.29) is 11.9 Å². The lowest BCUT2D eigenvalue weighted by Gasteiger charge is -2.10. The third-order valence-corrected chi connectivity index (χ3v) is 2.44. The first-order chi connectivity index (χ1) is 8.61. The van der Waals surface area contributed by atoms with E-state index in [4.69, 9.17) is 4.42 Å². The van der Waals surface area contributed by atoms with Gasteiger partial charge in [0.2, 0.25) is 5.91 Å². The number of rotatable bonds is 4. The molecule has 2 heterocycles. The van der Waals surface area contributed by atoms with Crippen molar-refractivity contribution in [3.8, 4) is 11.5 Å². The van der Waals surface area contributed by atoms with E-state index in [2.05, 4.69) is 17.0 Å². The first-order valence-corrected chi connectivity index (χ1v) is 5.68. The van der Waals surface area contributed by atoms with Crippen LogP contribution in [0.3, 0.4) is 0 Å². The van der Waals surface area contributed by atoms with Crippen LogP contribution in [0.4, 0.5) is 5.82 Å². The maximum absolute atomic E-state index is 11.4. The van der Waals surface area contributed by atoms with Gasteiger partial charge in [0.15, 0.2) is 5.76 Å². The van der Waals surface area contributed by atoms with Crippen LogP contribution >= 0.6 is 0 Å². The SMILES string of the molecule is C=CC(=O)Nc1cc(-c2ccco2)nn1C(C)C. The second-order valence-corrected chi connectivity index (χ2v) is 4.12. The Kier molecular flexibility index (Phi) is 3.32. The zero-order chi connectivity index (χ0) is 13.1. The van der Waals surface area contributed by atoms with Crippen LogP contribution in [0, 0.1) is 0 Å². The Morgan fingerprint density at radius 3 is 2.94 bits per heavy atom. The molecule has 0 aromatic carbocycles. The fraction of sp³-hybridized carbons (Fsp3) is 0.231. The van der Waals surface area contributed by atoms with Gasteiger partial charge in [-0.05, 0) is 32.1 Å². The number of carbonyl (C=O) groups excluding carboxylic acids is 1. The van der Waals surface area contributed by atoms with Gasteiger partial charge in [0.1, 0.15) is 11.5 Å². The Balaban J connectivity index is 2.38. The lowest BCUT2D eigenvalue weighted by molar-refractivity contribution is -0.111. The summed E-state index contributed by atoms with van der Waals surface area (Å²) < 4.78 is 7.03. The smallest absolute Gasteiger partial charge is 0.248 e. The summed E-state index contributed by atoms with van der Waals surface area (Å²) in [6, 6.07) is 5.53. The van der Waals surface area contributed by atoms with Crippen LogP contribution in [0.2, 0.25) is 0 Å². The normalized spacial score (nSPS) is 10.6. The van der Waals surface area contributed by atoms with Crippen LogP contribution in [-0.4, -0.2) is 15.7 Å². The van der Waals surface area contributed by atoms with Gasteiger partial charge in [-0.15, -0.1) is 0 Å². The van der Waals surface area contributed by atoms with Gasteiger partial charge in [0.05, 0.1) is 6.26 Å². The summed E-state index contributed by atoms with van der Waals surface area (Å²) in [6.45, 7) is 7.40. The average Bonchev–Trinajstić information content (AvgIpc) is 2.96. The highest BCUT2D eigenvalue weighted by Crippen LogP contribution is 2.24. The number of aromatic nitrogens is 2. The van der Waals surface area contributed by atoms with Crippen molar-refractivity contribution in [2.45, 2.75) is 19.9 Å². The molecule has 5 heteroatoms. The third kappa shape index (κ3) is 2.34. The molecule has 5 nitrogen and oxygen atoms in total. The predicted molar refractivity (Wildman–Crippen MR) is 69.1 cm³/mol. The molecule has 0 saturated heterocycles. The van der Waals surface area contributed by atoms with Crippen LogP contribution in [0.15, 0.2) is 41.5 Å². The Morgan fingerprint density at radius 1 is 1.61 bits per heavy atom. The maximum atomic E-state index is 11.4. The number of anilines is 1. The highest BCUT2D eigenvalue weighted by molar-refractivity contribution is 5.98. The number of hydrogen-bond donors (Lipinski definition) is 1. The number of hydrogen-bond acceptors (Lipinski definition) is 3. The van der Waals surface area contributed by atoms with E-state index < -0.39 is 0 Å². The molecule has 1 N–H and O–H groups in total. The minimum Gasteiger partial charge on any atom is -0.463 e. The summed E-state index contributed by atoms with van der Waals surface area (Å²) >= 11 is 0. The first kappa shape index (κ1) is 12.2. The van der Waals surface area contributed by atoms with Gasteiger partial charge in [-0.25, -0.2) is 4.68 Å². The summed E-state index contributed by atoms with van der Waals surface area (Å²) in [5, 5.41) is 7.14. The standard InChI is InChI=1S/C13H15N3O2/c1-4-13(17)14-12-8-10(11-6-5-7-18-11)15-16(12)9(2)3/h4-9H,1H2,2-3H3,(H,14,17). The van der Waals surface area contributed by atoms with Gasteiger partial charge in [-0.1, -0.05) is 6.58 Å². The van der Waals surface area contributed by atoms with Crippen molar-refractivity contribution in [2.75, 3.05) is 5.32 Å². The molecule has 0 saturated carbocycles. The summed E-state index contributed by atoms with van der Waals surface area (Å²) in [6.07, 6.45) is 2.82. The first-order valence-electron chi connectivity index (χ1n) is 5.68. The van der Waals surface area contributed by atoms with E-state index in [0.717, 1.165) is 0 Å². The quantitative estimate of drug-likeness (QED) is 0.842. The molecule has 18 heavy (non-hydrogen) atoms. The second kappa shape index (κ2) is 4.91. The number of nitrogens with zero attached hydrogens (tertiary/aromatic N) is 2. The lowest BCUT2D eigenvalue weighted by atomic mass is 10.3. The average molecular weight is 245 g/mol. The number of nitrogens with one attached hydrogen (secondary N) is 1. The van der Waals surface area contributed by atoms with Crippen molar-refractivity contribution in [3.63, 3.8) is 0 Å². The van der Waals surface area contributed by atoms with E-state index in [9.17, 15) is 4.79 Å². The molecule has 0 radical (unpaired) electrons. The zero-order valence-electron chi connectivity index (χ0n) is 10.4. The van der Waals surface area contributed by atoms with Crippen LogP contribution in [0.25, 0.3) is 11.5 Å². The minimum absolute atomic E-state index is 0.133. The van der Waals surface area contributed by atoms with Gasteiger partial charge in [-0.3, -0.25) is 4.79 Å². The van der Waals surface area contributed by atoms with E-state index in [1.807, 2.05) is 19.9 Å². The van der Waals surface area contributed by atoms with Crippen LogP contribution < -0.4 is 5.32 Å². The van der Waals surface area contributed by atoms with Gasteiger partial charge in [-0.2, -0.15) is 5.10 Å². The van der Waals surface area contributed by atoms with Crippen LogP contribution in [0.1, 0.15) is 19.9 Å². The number of amides is 1. The van der Waals surface area contributed by atoms with Crippen molar-refractivity contribution in [1.82, 2.24) is 9.78 Å². The molecule has 0 aliphatic heterocycles. The number of furan rings is 1. The van der Waals surface area contributed by atoms with Crippen molar-refractivity contribution in [1.29, 1.82) is 0 Å². The Hall–Kier alpha value is -2.30. The predicted octanol–water partition coefficient (Wildman–Crippen LogP) is 2.85. The molecule has 94 valence electrons. The molecular weight excluding hydrogens is 230 g/mol. The third-order valence-electron chi connectivity index (χ3n) is 2.44. The molecule has 2 aromatic rings. The second-order valence-electron chi connectivity index (χ2n) is 4.12. The van der Waals surface area contributed by atoms with Crippen molar-refractivity contribution >= 4 is 11.7 Å². The van der Waals surface area contributed by atoms with E-state index in [0.29, 0.717) is 17.3 Å². The fourth-order valence-electron chi connectivity index (χ4n) is 1.60. The summed E-state index contributed by atoms with van der Waals surface area (Å²) in [5.74, 6) is 1.03. The van der Waals surface area contributed by atoms with Crippen LogP contribution in [-0.2, 0) is 4.79 Å². The van der Waals surface area contributed by atoms with Gasteiger partial charge < -0.3 is 9.73 Å². The molecule has 0 aliphatic rings. The van der Waals surface area contributed by atoms with Gasteiger partial charge in [0.25, 0.3) is 0 Å². The lowest BCUT2D eigenvalue weighted by Crippen LogP contribution is -2.14. The molecule has 0 unspecified atom stereocenters. The fourth-order valence-corrected chi connectivity index (χ4v) is 1.60. The number of carbonyl (C=O) groups is 1. The molecule has 0 spiro atoms.